The zero-order chi connectivity index (χ0) is 15.9. The fourth-order valence-corrected chi connectivity index (χ4v) is 1.79. The van der Waals surface area contributed by atoms with E-state index in [1.54, 1.807) is 12.1 Å². The molecule has 0 spiro atoms. The van der Waals surface area contributed by atoms with Gasteiger partial charge in [0.2, 0.25) is 0 Å². The van der Waals surface area contributed by atoms with Crippen LogP contribution in [0.2, 0.25) is 0 Å². The van der Waals surface area contributed by atoms with Crippen LogP contribution in [0, 0.1) is 0 Å². The first-order valence-corrected chi connectivity index (χ1v) is 6.65. The van der Waals surface area contributed by atoms with E-state index >= 15 is 0 Å². The first-order valence-electron chi connectivity index (χ1n) is 6.65. The molecule has 0 aliphatic rings. The number of phenols is 1. The van der Waals surface area contributed by atoms with Crippen molar-refractivity contribution in [3.05, 3.63) is 65.7 Å². The Morgan fingerprint density at radius 2 is 1.48 bits per heavy atom. The van der Waals surface area contributed by atoms with Crippen molar-refractivity contribution in [2.45, 2.75) is 6.54 Å². The summed E-state index contributed by atoms with van der Waals surface area (Å²) in [5.74, 6) is -1.31. The minimum absolute atomic E-state index is 0.0671. The third kappa shape index (κ3) is 6.58. The molecule has 0 fully saturated rings. The Morgan fingerprint density at radius 3 is 1.90 bits per heavy atom. The van der Waals surface area contributed by atoms with Gasteiger partial charge in [-0.15, -0.1) is 0 Å². The summed E-state index contributed by atoms with van der Waals surface area (Å²) < 4.78 is 0.990. The minimum Gasteiger partial charge on any atom is -0.507 e. The van der Waals surface area contributed by atoms with Crippen LogP contribution in [0.1, 0.15) is 15.9 Å². The van der Waals surface area contributed by atoms with Crippen LogP contribution in [0.4, 0.5) is 0 Å². The van der Waals surface area contributed by atoms with E-state index in [9.17, 15) is 4.79 Å². The number of nitrogens with zero attached hydrogens (tertiary/aromatic N) is 1. The number of carbonyl (C=O) groups is 1. The lowest BCUT2D eigenvalue weighted by atomic mass is 10.2. The number of rotatable bonds is 3. The van der Waals surface area contributed by atoms with Crippen LogP contribution in [-0.4, -0.2) is 41.8 Å². The maximum atomic E-state index is 10.3. The van der Waals surface area contributed by atoms with E-state index in [2.05, 4.69) is 51.5 Å². The van der Waals surface area contributed by atoms with Gasteiger partial charge in [0, 0.05) is 5.56 Å². The average molecular weight is 288 g/mol. The molecule has 21 heavy (non-hydrogen) atoms. The monoisotopic (exact) mass is 288 g/mol. The molecular formula is C17H22NO3+. The Morgan fingerprint density at radius 1 is 0.952 bits per heavy atom. The Labute approximate surface area is 125 Å². The van der Waals surface area contributed by atoms with Crippen LogP contribution in [0.3, 0.4) is 0 Å². The van der Waals surface area contributed by atoms with Gasteiger partial charge in [0.25, 0.3) is 0 Å². The molecular weight excluding hydrogens is 266 g/mol. The zero-order valence-corrected chi connectivity index (χ0v) is 12.7. The van der Waals surface area contributed by atoms with Gasteiger partial charge in [-0.05, 0) is 12.1 Å². The summed E-state index contributed by atoms with van der Waals surface area (Å²) in [5.41, 5.74) is 1.34. The highest BCUT2D eigenvalue weighted by Crippen LogP contribution is 2.14. The summed E-state index contributed by atoms with van der Waals surface area (Å²) in [5, 5.41) is 17.3. The predicted octanol–water partition coefficient (Wildman–Crippen LogP) is 2.98. The van der Waals surface area contributed by atoms with E-state index in [-0.39, 0.29) is 11.3 Å². The van der Waals surface area contributed by atoms with Crippen molar-refractivity contribution < 1.29 is 19.5 Å². The Bertz CT molecular complexity index is 574. The summed E-state index contributed by atoms with van der Waals surface area (Å²) in [6, 6.07) is 16.4. The Balaban J connectivity index is 0.000000211. The SMILES string of the molecule is C[N+](C)(C)Cc1ccccc1.O=C(O)c1ccccc1O. The number of benzene rings is 2. The highest BCUT2D eigenvalue weighted by Gasteiger charge is 2.06. The molecule has 0 aliphatic heterocycles. The van der Waals surface area contributed by atoms with Crippen LogP contribution >= 0.6 is 0 Å². The lowest BCUT2D eigenvalue weighted by Gasteiger charge is -2.23. The molecule has 0 bridgehead atoms. The topological polar surface area (TPSA) is 57.5 Å². The van der Waals surface area contributed by atoms with Crippen LogP contribution in [0.25, 0.3) is 0 Å². The Kier molecular flexibility index (Phi) is 5.93. The number of carboxylic acids is 1. The fourth-order valence-electron chi connectivity index (χ4n) is 1.79. The van der Waals surface area contributed by atoms with Gasteiger partial charge in [-0.3, -0.25) is 0 Å². The van der Waals surface area contributed by atoms with E-state index < -0.39 is 5.97 Å². The molecule has 0 saturated carbocycles. The number of carboxylic acid groups (broad SMARTS) is 1. The zero-order valence-electron chi connectivity index (χ0n) is 12.7. The molecule has 112 valence electrons. The van der Waals surface area contributed by atoms with Crippen LogP contribution in [0.15, 0.2) is 54.6 Å². The van der Waals surface area contributed by atoms with Gasteiger partial charge in [0.05, 0.1) is 21.1 Å². The van der Waals surface area contributed by atoms with Crippen molar-refractivity contribution in [2.24, 2.45) is 0 Å². The van der Waals surface area contributed by atoms with Crippen LogP contribution in [-0.2, 0) is 6.54 Å². The van der Waals surface area contributed by atoms with Gasteiger partial charge in [0.15, 0.2) is 0 Å². The van der Waals surface area contributed by atoms with Gasteiger partial charge in [-0.25, -0.2) is 4.79 Å². The van der Waals surface area contributed by atoms with E-state index in [1.807, 2.05) is 0 Å². The van der Waals surface area contributed by atoms with Gasteiger partial charge in [0.1, 0.15) is 17.9 Å². The molecule has 0 atom stereocenters. The van der Waals surface area contributed by atoms with E-state index in [4.69, 9.17) is 10.2 Å². The molecule has 2 N–H and O–H groups in total. The Hall–Kier alpha value is -2.33. The minimum atomic E-state index is -1.11. The second kappa shape index (κ2) is 7.45. The molecule has 0 unspecified atom stereocenters. The normalized spacial score (nSPS) is 10.4. The fraction of sp³-hybridized carbons (Fsp3) is 0.235. The summed E-state index contributed by atoms with van der Waals surface area (Å²) in [7, 11) is 6.60. The molecule has 0 aliphatic carbocycles. The quantitative estimate of drug-likeness (QED) is 0.854. The molecule has 0 aromatic heterocycles. The van der Waals surface area contributed by atoms with E-state index in [0.717, 1.165) is 11.0 Å². The maximum absolute atomic E-state index is 10.3. The lowest BCUT2D eigenvalue weighted by Crippen LogP contribution is -2.33. The van der Waals surface area contributed by atoms with Gasteiger partial charge >= 0.3 is 5.97 Å². The van der Waals surface area contributed by atoms with Crippen molar-refractivity contribution in [1.29, 1.82) is 0 Å². The molecule has 0 saturated heterocycles. The number of quaternary nitrogens is 1. The van der Waals surface area contributed by atoms with E-state index in [0.29, 0.717) is 0 Å². The summed E-state index contributed by atoms with van der Waals surface area (Å²) in [6.45, 7) is 1.10. The largest absolute Gasteiger partial charge is 0.507 e. The van der Waals surface area contributed by atoms with Crippen molar-refractivity contribution >= 4 is 5.97 Å². The first-order chi connectivity index (χ1) is 9.79. The summed E-state index contributed by atoms with van der Waals surface area (Å²) in [6.07, 6.45) is 0. The highest BCUT2D eigenvalue weighted by atomic mass is 16.4. The molecule has 0 heterocycles. The predicted molar refractivity (Wildman–Crippen MR) is 83.2 cm³/mol. The van der Waals surface area contributed by atoms with Gasteiger partial charge in [-0.1, -0.05) is 42.5 Å². The molecule has 2 aromatic carbocycles. The highest BCUT2D eigenvalue weighted by molar-refractivity contribution is 5.90. The van der Waals surface area contributed by atoms with Crippen LogP contribution in [0.5, 0.6) is 5.75 Å². The number of para-hydroxylation sites is 1. The van der Waals surface area contributed by atoms with Crippen molar-refractivity contribution in [3.63, 3.8) is 0 Å². The van der Waals surface area contributed by atoms with Crippen LogP contribution < -0.4 is 0 Å². The molecule has 2 rings (SSSR count). The third-order valence-electron chi connectivity index (χ3n) is 2.63. The molecule has 0 radical (unpaired) electrons. The summed E-state index contributed by atoms with van der Waals surface area (Å²) in [4.78, 5) is 10.3. The van der Waals surface area contributed by atoms with Crippen molar-refractivity contribution in [2.75, 3.05) is 21.1 Å². The lowest BCUT2D eigenvalue weighted by molar-refractivity contribution is -0.884. The van der Waals surface area contributed by atoms with Crippen molar-refractivity contribution in [1.82, 2.24) is 0 Å². The molecule has 0 amide bonds. The number of aromatic carboxylic acids is 1. The smallest absolute Gasteiger partial charge is 0.339 e. The summed E-state index contributed by atoms with van der Waals surface area (Å²) >= 11 is 0. The molecule has 2 aromatic rings. The number of hydrogen-bond donors (Lipinski definition) is 2. The van der Waals surface area contributed by atoms with E-state index in [1.165, 1.54) is 17.7 Å². The average Bonchev–Trinajstić information content (AvgIpc) is 2.39. The first kappa shape index (κ1) is 16.7. The number of hydrogen-bond acceptors (Lipinski definition) is 2. The molecule has 4 nitrogen and oxygen atoms in total. The standard InChI is InChI=1S/C10H16N.C7H6O3/c1-11(2,3)9-10-7-5-4-6-8-10;8-6-4-2-1-3-5(6)7(9)10/h4-8H,9H2,1-3H3;1-4,8H,(H,9,10)/q+1;. The molecule has 4 heteroatoms. The maximum Gasteiger partial charge on any atom is 0.339 e. The second-order valence-electron chi connectivity index (χ2n) is 5.76. The van der Waals surface area contributed by atoms with Gasteiger partial charge < -0.3 is 14.7 Å². The third-order valence-corrected chi connectivity index (χ3v) is 2.63. The number of aromatic hydroxyl groups is 1. The van der Waals surface area contributed by atoms with Crippen molar-refractivity contribution in [3.8, 4) is 5.75 Å². The van der Waals surface area contributed by atoms with Gasteiger partial charge in [-0.2, -0.15) is 0 Å². The second-order valence-corrected chi connectivity index (χ2v) is 5.76.